The van der Waals surface area contributed by atoms with Crippen LogP contribution in [0.15, 0.2) is 52.8 Å². The zero-order valence-corrected chi connectivity index (χ0v) is 19.0. The summed E-state index contributed by atoms with van der Waals surface area (Å²) < 4.78 is 11.9. The molecule has 0 unspecified atom stereocenters. The van der Waals surface area contributed by atoms with E-state index in [2.05, 4.69) is 41.2 Å². The van der Waals surface area contributed by atoms with Gasteiger partial charge in [0.15, 0.2) is 11.6 Å². The van der Waals surface area contributed by atoms with Gasteiger partial charge in [0.1, 0.15) is 11.9 Å². The third-order valence-corrected chi connectivity index (χ3v) is 5.77. The molecule has 1 saturated heterocycles. The standard InChI is InChI=1S/C24H33N5O2/c1-5-17(2)15-20(19-7-6-10-26-24(19)31-18-8-9-18)22-27-23(21(30-4)16-28(22)3)29-13-11-25-12-14-29/h6-7,10,15-16,18,25H,5,8-9,11-14H2,1-4H3/b17-15?,22-20+. The van der Waals surface area contributed by atoms with Crippen molar-refractivity contribution in [1.29, 1.82) is 0 Å². The minimum Gasteiger partial charge on any atom is -0.491 e. The molecular formula is C24H33N5O2. The fraction of sp³-hybridized carbons (Fsp3) is 0.500. The highest BCUT2D eigenvalue weighted by atomic mass is 16.5. The molecule has 4 rings (SSSR count). The summed E-state index contributed by atoms with van der Waals surface area (Å²) in [6, 6.07) is 4.04. The Morgan fingerprint density at radius 3 is 2.74 bits per heavy atom. The van der Waals surface area contributed by atoms with Crippen molar-refractivity contribution in [3.8, 4) is 5.88 Å². The molecule has 7 nitrogen and oxygen atoms in total. The summed E-state index contributed by atoms with van der Waals surface area (Å²) in [5.41, 5.74) is 3.27. The quantitative estimate of drug-likeness (QED) is 0.757. The van der Waals surface area contributed by atoms with Crippen LogP contribution in [0.2, 0.25) is 0 Å². The first-order chi connectivity index (χ1) is 15.1. The smallest absolute Gasteiger partial charge is 0.221 e. The lowest BCUT2D eigenvalue weighted by atomic mass is 10.0. The fourth-order valence-corrected chi connectivity index (χ4v) is 3.67. The van der Waals surface area contributed by atoms with Gasteiger partial charge in [-0.1, -0.05) is 18.6 Å². The molecule has 0 spiro atoms. The molecule has 166 valence electrons. The van der Waals surface area contributed by atoms with Crippen LogP contribution in [0, 0.1) is 0 Å². The minimum absolute atomic E-state index is 0.278. The molecular weight excluding hydrogens is 390 g/mol. The Kier molecular flexibility index (Phi) is 6.61. The number of methoxy groups -OCH3 is 1. The summed E-state index contributed by atoms with van der Waals surface area (Å²) in [7, 11) is 3.72. The molecule has 1 aromatic heterocycles. The number of nitrogens with zero attached hydrogens (tertiary/aromatic N) is 4. The first-order valence-corrected chi connectivity index (χ1v) is 11.2. The van der Waals surface area contributed by atoms with Crippen molar-refractivity contribution in [2.75, 3.05) is 40.3 Å². The number of piperazine rings is 1. The van der Waals surface area contributed by atoms with Crippen molar-refractivity contribution in [3.05, 3.63) is 53.3 Å². The van der Waals surface area contributed by atoms with Gasteiger partial charge in [-0.05, 0) is 38.3 Å². The number of amidine groups is 1. The fourth-order valence-electron chi connectivity index (χ4n) is 3.67. The zero-order chi connectivity index (χ0) is 21.8. The van der Waals surface area contributed by atoms with E-state index in [4.69, 9.17) is 14.5 Å². The molecule has 3 heterocycles. The Morgan fingerprint density at radius 2 is 2.06 bits per heavy atom. The molecule has 1 saturated carbocycles. The van der Waals surface area contributed by atoms with Crippen molar-refractivity contribution < 1.29 is 9.47 Å². The molecule has 2 fully saturated rings. The Bertz CT molecular complexity index is 924. The molecule has 0 atom stereocenters. The van der Waals surface area contributed by atoms with Gasteiger partial charge < -0.3 is 24.6 Å². The first-order valence-electron chi connectivity index (χ1n) is 11.2. The van der Waals surface area contributed by atoms with Crippen LogP contribution in [0.4, 0.5) is 0 Å². The van der Waals surface area contributed by atoms with Crippen LogP contribution in [0.3, 0.4) is 0 Å². The largest absolute Gasteiger partial charge is 0.491 e. The third-order valence-electron chi connectivity index (χ3n) is 5.77. The first kappa shape index (κ1) is 21.4. The Hall–Kier alpha value is -2.80. The lowest BCUT2D eigenvalue weighted by molar-refractivity contribution is 0.275. The lowest BCUT2D eigenvalue weighted by Crippen LogP contribution is -2.48. The predicted molar refractivity (Wildman–Crippen MR) is 124 cm³/mol. The van der Waals surface area contributed by atoms with Crippen LogP contribution in [-0.4, -0.2) is 67.1 Å². The van der Waals surface area contributed by atoms with Crippen LogP contribution in [0.5, 0.6) is 5.88 Å². The van der Waals surface area contributed by atoms with Crippen LogP contribution in [-0.2, 0) is 4.74 Å². The van der Waals surface area contributed by atoms with Crippen LogP contribution >= 0.6 is 0 Å². The maximum atomic E-state index is 6.16. The molecule has 7 heteroatoms. The normalized spacial score (nSPS) is 21.5. The zero-order valence-electron chi connectivity index (χ0n) is 19.0. The van der Waals surface area contributed by atoms with Gasteiger partial charge in [-0.3, -0.25) is 0 Å². The molecule has 0 radical (unpaired) electrons. The number of hydrogen-bond acceptors (Lipinski definition) is 7. The Balaban J connectivity index is 1.85. The average Bonchev–Trinajstić information content (AvgIpc) is 3.62. The van der Waals surface area contributed by atoms with Gasteiger partial charge in [-0.25, -0.2) is 9.98 Å². The van der Waals surface area contributed by atoms with Crippen molar-refractivity contribution in [2.24, 2.45) is 4.99 Å². The SMILES string of the molecule is CCC(C)=C/C(=C1/N=C(N2CCNCC2)C(OC)=CN1C)c1cccnc1OC1CC1. The summed E-state index contributed by atoms with van der Waals surface area (Å²) in [5, 5.41) is 3.41. The second-order valence-corrected chi connectivity index (χ2v) is 8.24. The van der Waals surface area contributed by atoms with Gasteiger partial charge in [0.05, 0.1) is 13.3 Å². The highest BCUT2D eigenvalue weighted by Gasteiger charge is 2.29. The lowest BCUT2D eigenvalue weighted by Gasteiger charge is -2.34. The Morgan fingerprint density at radius 1 is 1.29 bits per heavy atom. The number of aliphatic imine (C=N–C) groups is 1. The average molecular weight is 424 g/mol. The van der Waals surface area contributed by atoms with E-state index >= 15 is 0 Å². The van der Waals surface area contributed by atoms with Crippen molar-refractivity contribution >= 4 is 11.4 Å². The molecule has 31 heavy (non-hydrogen) atoms. The Labute approximate surface area is 185 Å². The second kappa shape index (κ2) is 9.56. The summed E-state index contributed by atoms with van der Waals surface area (Å²) in [6.45, 7) is 8.00. The van der Waals surface area contributed by atoms with Crippen LogP contribution in [0.25, 0.3) is 5.57 Å². The van der Waals surface area contributed by atoms with E-state index in [0.29, 0.717) is 5.88 Å². The summed E-state index contributed by atoms with van der Waals surface area (Å²) in [6.07, 6.45) is 9.46. The van der Waals surface area contributed by atoms with Gasteiger partial charge >= 0.3 is 0 Å². The molecule has 1 aliphatic carbocycles. The summed E-state index contributed by atoms with van der Waals surface area (Å²) in [4.78, 5) is 14.0. The topological polar surface area (TPSA) is 62.2 Å². The minimum atomic E-state index is 0.278. The van der Waals surface area contributed by atoms with E-state index in [0.717, 1.165) is 74.0 Å². The molecule has 0 bridgehead atoms. The summed E-state index contributed by atoms with van der Waals surface area (Å²) >= 11 is 0. The van der Waals surface area contributed by atoms with Gasteiger partial charge in [-0.15, -0.1) is 0 Å². The number of allylic oxidation sites excluding steroid dienone is 3. The van der Waals surface area contributed by atoms with Crippen LogP contribution < -0.4 is 10.1 Å². The number of ether oxygens (including phenoxy) is 2. The number of pyridine rings is 1. The third kappa shape index (κ3) is 4.93. The van der Waals surface area contributed by atoms with E-state index < -0.39 is 0 Å². The molecule has 0 amide bonds. The van der Waals surface area contributed by atoms with E-state index in [-0.39, 0.29) is 6.10 Å². The van der Waals surface area contributed by atoms with Crippen LogP contribution in [0.1, 0.15) is 38.7 Å². The maximum Gasteiger partial charge on any atom is 0.221 e. The monoisotopic (exact) mass is 423 g/mol. The van der Waals surface area contributed by atoms with E-state index in [1.54, 1.807) is 13.3 Å². The molecule has 1 N–H and O–H groups in total. The predicted octanol–water partition coefficient (Wildman–Crippen LogP) is 3.38. The number of rotatable bonds is 6. The molecule has 0 aromatic carbocycles. The molecule has 3 aliphatic rings. The van der Waals surface area contributed by atoms with Gasteiger partial charge in [0, 0.05) is 50.6 Å². The highest BCUT2D eigenvalue weighted by Crippen LogP contribution is 2.35. The second-order valence-electron chi connectivity index (χ2n) is 8.24. The molecule has 1 aromatic rings. The van der Waals surface area contributed by atoms with E-state index in [1.807, 2.05) is 24.2 Å². The number of aromatic nitrogens is 1. The number of hydrogen-bond donors (Lipinski definition) is 1. The van der Waals surface area contributed by atoms with Gasteiger partial charge in [0.25, 0.3) is 0 Å². The van der Waals surface area contributed by atoms with Gasteiger partial charge in [0.2, 0.25) is 5.88 Å². The van der Waals surface area contributed by atoms with Gasteiger partial charge in [-0.2, -0.15) is 0 Å². The van der Waals surface area contributed by atoms with E-state index in [9.17, 15) is 0 Å². The highest BCUT2D eigenvalue weighted by molar-refractivity contribution is 5.99. The van der Waals surface area contributed by atoms with Crippen molar-refractivity contribution in [3.63, 3.8) is 0 Å². The van der Waals surface area contributed by atoms with Crippen molar-refractivity contribution in [2.45, 2.75) is 39.2 Å². The summed E-state index contributed by atoms with van der Waals surface area (Å²) in [5.74, 6) is 3.22. The molecule has 2 aliphatic heterocycles. The van der Waals surface area contributed by atoms with Crippen molar-refractivity contribution in [1.82, 2.24) is 20.1 Å². The maximum absolute atomic E-state index is 6.16. The number of nitrogens with one attached hydrogen (secondary N) is 1. The van der Waals surface area contributed by atoms with E-state index in [1.165, 1.54) is 5.57 Å².